The number of ether oxygens (including phenoxy) is 1. The van der Waals surface area contributed by atoms with Gasteiger partial charge in [-0.2, -0.15) is 5.10 Å². The maximum absolute atomic E-state index is 12.1. The number of rotatable bonds is 6. The Bertz CT molecular complexity index is 1070. The van der Waals surface area contributed by atoms with Crippen molar-refractivity contribution in [2.75, 3.05) is 38.2 Å². The molecule has 1 saturated heterocycles. The Hall–Kier alpha value is -2.61. The zero-order valence-corrected chi connectivity index (χ0v) is 18.8. The maximum Gasteiger partial charge on any atom is 0.160 e. The molecule has 0 saturated carbocycles. The molecule has 1 aromatic carbocycles. The summed E-state index contributed by atoms with van der Waals surface area (Å²) in [4.78, 5) is 20.5. The Morgan fingerprint density at radius 3 is 2.45 bits per heavy atom. The number of hydrogen-bond acceptors (Lipinski definition) is 6. The van der Waals surface area contributed by atoms with Crippen LogP contribution in [0.3, 0.4) is 0 Å². The van der Waals surface area contributed by atoms with E-state index in [9.17, 15) is 4.79 Å². The number of carbonyl (C=O) groups excluding carboxylic acids is 1. The van der Waals surface area contributed by atoms with E-state index in [-0.39, 0.29) is 0 Å². The summed E-state index contributed by atoms with van der Waals surface area (Å²) in [5, 5.41) is 5.81. The van der Waals surface area contributed by atoms with Crippen LogP contribution < -0.4 is 9.64 Å². The second-order valence-electron chi connectivity index (χ2n) is 7.32. The van der Waals surface area contributed by atoms with E-state index in [0.29, 0.717) is 34.6 Å². The highest BCUT2D eigenvalue weighted by Gasteiger charge is 2.28. The minimum atomic E-state index is -0.519. The number of methoxy groups -OCH3 is 1. The molecule has 0 bridgehead atoms. The fraction of sp³-hybridized carbons (Fsp3) is 0.318. The number of piperazine rings is 1. The van der Waals surface area contributed by atoms with Gasteiger partial charge in [0.05, 0.1) is 22.8 Å². The van der Waals surface area contributed by atoms with Crippen molar-refractivity contribution >= 4 is 35.2 Å². The summed E-state index contributed by atoms with van der Waals surface area (Å²) < 4.78 is 7.05. The number of aldehydes is 1. The highest BCUT2D eigenvalue weighted by atomic mass is 35.5. The van der Waals surface area contributed by atoms with Crippen molar-refractivity contribution in [3.63, 3.8) is 0 Å². The first kappa shape index (κ1) is 21.6. The standard InChI is InChI=1S/C22H23Cl2N5O2/c1-15-21(24)22(16-5-7-25-8-6-16)26-29(15)20(14-30)28-11-9-27(10-12-28)17-3-4-18(23)19(13-17)31-2/h3-8,13-14,20H,9-12H2,1-2H3. The molecule has 1 aliphatic rings. The van der Waals surface area contributed by atoms with Crippen molar-refractivity contribution in [2.45, 2.75) is 13.1 Å². The lowest BCUT2D eigenvalue weighted by Crippen LogP contribution is -2.49. The number of carbonyl (C=O) groups is 1. The highest BCUT2D eigenvalue weighted by Crippen LogP contribution is 2.33. The van der Waals surface area contributed by atoms with Gasteiger partial charge in [-0.25, -0.2) is 4.68 Å². The molecule has 1 atom stereocenters. The lowest BCUT2D eigenvalue weighted by molar-refractivity contribution is -0.116. The Balaban J connectivity index is 1.52. The second-order valence-corrected chi connectivity index (χ2v) is 8.11. The minimum Gasteiger partial charge on any atom is -0.495 e. The molecule has 1 unspecified atom stereocenters. The number of aromatic nitrogens is 3. The predicted molar refractivity (Wildman–Crippen MR) is 122 cm³/mol. The molecular weight excluding hydrogens is 437 g/mol. The molecule has 7 nitrogen and oxygen atoms in total. The average molecular weight is 460 g/mol. The third kappa shape index (κ3) is 4.26. The first-order chi connectivity index (χ1) is 15.0. The van der Waals surface area contributed by atoms with Crippen LogP contribution in [0.4, 0.5) is 5.69 Å². The van der Waals surface area contributed by atoms with Crippen molar-refractivity contribution < 1.29 is 9.53 Å². The fourth-order valence-electron chi connectivity index (χ4n) is 3.84. The molecule has 0 spiro atoms. The van der Waals surface area contributed by atoms with Crippen LogP contribution in [0, 0.1) is 6.92 Å². The van der Waals surface area contributed by atoms with E-state index >= 15 is 0 Å². The predicted octanol–water partition coefficient (Wildman–Crippen LogP) is 4.09. The molecule has 4 rings (SSSR count). The second kappa shape index (κ2) is 9.26. The van der Waals surface area contributed by atoms with Gasteiger partial charge in [-0.1, -0.05) is 23.2 Å². The van der Waals surface area contributed by atoms with Crippen molar-refractivity contribution in [2.24, 2.45) is 0 Å². The van der Waals surface area contributed by atoms with Crippen molar-refractivity contribution in [1.29, 1.82) is 0 Å². The number of halogens is 2. The van der Waals surface area contributed by atoms with Gasteiger partial charge in [0.2, 0.25) is 0 Å². The van der Waals surface area contributed by atoms with E-state index in [1.807, 2.05) is 37.3 Å². The van der Waals surface area contributed by atoms with E-state index in [1.165, 1.54) is 0 Å². The Morgan fingerprint density at radius 1 is 1.10 bits per heavy atom. The SMILES string of the molecule is COc1cc(N2CCN(C(C=O)n3nc(-c4ccncc4)c(Cl)c3C)CC2)ccc1Cl. The van der Waals surface area contributed by atoms with Gasteiger partial charge in [0, 0.05) is 55.9 Å². The summed E-state index contributed by atoms with van der Waals surface area (Å²) in [6.45, 7) is 4.82. The van der Waals surface area contributed by atoms with E-state index in [0.717, 1.165) is 36.3 Å². The average Bonchev–Trinajstić information content (AvgIpc) is 3.10. The fourth-order valence-corrected chi connectivity index (χ4v) is 4.27. The van der Waals surface area contributed by atoms with Crippen molar-refractivity contribution in [1.82, 2.24) is 19.7 Å². The number of benzene rings is 1. The molecule has 9 heteroatoms. The van der Waals surface area contributed by atoms with Crippen LogP contribution in [0.5, 0.6) is 5.75 Å². The Kier molecular flexibility index (Phi) is 6.46. The molecule has 3 aromatic rings. The van der Waals surface area contributed by atoms with Gasteiger partial charge in [0.25, 0.3) is 0 Å². The molecule has 0 radical (unpaired) electrons. The third-order valence-corrected chi connectivity index (χ3v) is 6.36. The van der Waals surface area contributed by atoms with E-state index in [4.69, 9.17) is 27.9 Å². The van der Waals surface area contributed by atoms with Crippen molar-refractivity contribution in [3.8, 4) is 17.0 Å². The summed E-state index contributed by atoms with van der Waals surface area (Å²) >= 11 is 12.7. The zero-order chi connectivity index (χ0) is 22.0. The highest BCUT2D eigenvalue weighted by molar-refractivity contribution is 6.33. The third-order valence-electron chi connectivity index (χ3n) is 5.59. The molecule has 1 fully saturated rings. The van der Waals surface area contributed by atoms with Gasteiger partial charge in [-0.15, -0.1) is 0 Å². The molecule has 31 heavy (non-hydrogen) atoms. The Labute approximate surface area is 191 Å². The van der Waals surface area contributed by atoms with Gasteiger partial charge < -0.3 is 9.64 Å². The summed E-state index contributed by atoms with van der Waals surface area (Å²) in [5.74, 6) is 0.651. The minimum absolute atomic E-state index is 0.519. The van der Waals surface area contributed by atoms with Crippen LogP contribution in [0.2, 0.25) is 10.0 Å². The molecule has 0 amide bonds. The topological polar surface area (TPSA) is 63.5 Å². The van der Waals surface area contributed by atoms with E-state index in [2.05, 4.69) is 19.9 Å². The van der Waals surface area contributed by atoms with Crippen LogP contribution in [-0.2, 0) is 4.79 Å². The maximum atomic E-state index is 12.1. The number of hydrogen-bond donors (Lipinski definition) is 0. The quantitative estimate of drug-likeness (QED) is 0.517. The zero-order valence-electron chi connectivity index (χ0n) is 17.3. The molecule has 0 aliphatic carbocycles. The van der Waals surface area contributed by atoms with Gasteiger partial charge >= 0.3 is 0 Å². The van der Waals surface area contributed by atoms with Crippen LogP contribution in [0.15, 0.2) is 42.7 Å². The van der Waals surface area contributed by atoms with Gasteiger partial charge in [0.1, 0.15) is 11.4 Å². The molecule has 3 heterocycles. The summed E-state index contributed by atoms with van der Waals surface area (Å²) in [7, 11) is 1.61. The van der Waals surface area contributed by atoms with E-state index in [1.54, 1.807) is 24.2 Å². The molecular formula is C22H23Cl2N5O2. The number of pyridine rings is 1. The molecule has 2 aromatic heterocycles. The first-order valence-electron chi connectivity index (χ1n) is 9.96. The molecule has 1 aliphatic heterocycles. The summed E-state index contributed by atoms with van der Waals surface area (Å²) in [6, 6.07) is 9.47. The molecule has 0 N–H and O–H groups in total. The number of anilines is 1. The number of nitrogens with zero attached hydrogens (tertiary/aromatic N) is 5. The monoisotopic (exact) mass is 459 g/mol. The van der Waals surface area contributed by atoms with Crippen LogP contribution >= 0.6 is 23.2 Å². The molecule has 162 valence electrons. The smallest absolute Gasteiger partial charge is 0.160 e. The Morgan fingerprint density at radius 2 is 1.81 bits per heavy atom. The normalized spacial score (nSPS) is 15.7. The van der Waals surface area contributed by atoms with Crippen LogP contribution in [-0.4, -0.2) is 59.2 Å². The lowest BCUT2D eigenvalue weighted by Gasteiger charge is -2.38. The summed E-state index contributed by atoms with van der Waals surface area (Å²) in [5.41, 5.74) is 3.32. The largest absolute Gasteiger partial charge is 0.495 e. The van der Waals surface area contributed by atoms with Crippen molar-refractivity contribution in [3.05, 3.63) is 58.5 Å². The van der Waals surface area contributed by atoms with Gasteiger partial charge in [-0.3, -0.25) is 14.7 Å². The van der Waals surface area contributed by atoms with E-state index < -0.39 is 6.17 Å². The van der Waals surface area contributed by atoms with Crippen LogP contribution in [0.25, 0.3) is 11.3 Å². The first-order valence-corrected chi connectivity index (χ1v) is 10.7. The van der Waals surface area contributed by atoms with Gasteiger partial charge in [0.15, 0.2) is 12.5 Å². The summed E-state index contributed by atoms with van der Waals surface area (Å²) in [6.07, 6.45) is 3.80. The van der Waals surface area contributed by atoms with Crippen LogP contribution in [0.1, 0.15) is 11.9 Å². The lowest BCUT2D eigenvalue weighted by atomic mass is 10.2. The van der Waals surface area contributed by atoms with Gasteiger partial charge in [-0.05, 0) is 31.2 Å².